The number of halogens is 1. The fourth-order valence-corrected chi connectivity index (χ4v) is 3.58. The lowest BCUT2D eigenvalue weighted by Crippen LogP contribution is -2.01. The molecule has 0 aliphatic heterocycles. The van der Waals surface area contributed by atoms with Crippen molar-refractivity contribution in [3.8, 4) is 11.5 Å². The maximum Gasteiger partial charge on any atom is 0.236 e. The number of methoxy groups -OCH3 is 2. The molecule has 17 heavy (non-hydrogen) atoms. The average molecular weight is 277 g/mol. The van der Waals surface area contributed by atoms with Crippen molar-refractivity contribution in [2.24, 2.45) is 0 Å². The van der Waals surface area contributed by atoms with Gasteiger partial charge in [-0.1, -0.05) is 12.1 Å². The van der Waals surface area contributed by atoms with Crippen LogP contribution in [0.2, 0.25) is 0 Å². The zero-order valence-corrected chi connectivity index (χ0v) is 11.1. The van der Waals surface area contributed by atoms with E-state index in [1.165, 1.54) is 7.11 Å². The fourth-order valence-electron chi connectivity index (χ4n) is 2.01. The lowest BCUT2D eigenvalue weighted by Gasteiger charge is -2.11. The molecule has 1 aromatic carbocycles. The zero-order chi connectivity index (χ0) is 12.6. The van der Waals surface area contributed by atoms with E-state index in [9.17, 15) is 8.42 Å². The molecule has 2 rings (SSSR count). The van der Waals surface area contributed by atoms with Crippen LogP contribution in [-0.2, 0) is 9.05 Å². The van der Waals surface area contributed by atoms with Crippen molar-refractivity contribution in [1.29, 1.82) is 0 Å². The molecule has 0 bridgehead atoms. The van der Waals surface area contributed by atoms with Gasteiger partial charge < -0.3 is 9.47 Å². The van der Waals surface area contributed by atoms with Crippen LogP contribution in [0.5, 0.6) is 11.5 Å². The Morgan fingerprint density at radius 3 is 2.47 bits per heavy atom. The number of benzene rings is 1. The van der Waals surface area contributed by atoms with Crippen molar-refractivity contribution < 1.29 is 17.9 Å². The lowest BCUT2D eigenvalue weighted by atomic mass is 10.1. The first kappa shape index (κ1) is 12.5. The molecule has 0 heterocycles. The molecular weight excluding hydrogens is 264 g/mol. The summed E-state index contributed by atoms with van der Waals surface area (Å²) in [5.41, 5.74) is 0.834. The maximum atomic E-state index is 11.2. The Kier molecular flexibility index (Phi) is 3.23. The highest BCUT2D eigenvalue weighted by molar-refractivity contribution is 8.14. The molecule has 0 saturated heterocycles. The zero-order valence-electron chi connectivity index (χ0n) is 9.51. The molecule has 4 nitrogen and oxygen atoms in total. The molecule has 0 amide bonds. The van der Waals surface area contributed by atoms with Crippen LogP contribution in [0, 0.1) is 0 Å². The van der Waals surface area contributed by atoms with E-state index < -0.39 is 14.3 Å². The molecule has 1 aliphatic carbocycles. The van der Waals surface area contributed by atoms with E-state index in [1.54, 1.807) is 13.2 Å². The second-order valence-electron chi connectivity index (χ2n) is 3.94. The number of hydrogen-bond donors (Lipinski definition) is 0. The van der Waals surface area contributed by atoms with Gasteiger partial charge in [-0.2, -0.15) is 0 Å². The molecule has 0 N–H and O–H groups in total. The predicted octanol–water partition coefficient (Wildman–Crippen LogP) is 2.13. The Hall–Kier alpha value is -0.940. The molecular formula is C11H13ClO4S. The smallest absolute Gasteiger partial charge is 0.236 e. The molecule has 2 unspecified atom stereocenters. The van der Waals surface area contributed by atoms with Gasteiger partial charge in [-0.3, -0.25) is 0 Å². The van der Waals surface area contributed by atoms with Crippen molar-refractivity contribution in [2.45, 2.75) is 17.6 Å². The minimum Gasteiger partial charge on any atom is -0.493 e. The average Bonchev–Trinajstić information content (AvgIpc) is 3.07. The summed E-state index contributed by atoms with van der Waals surface area (Å²) < 4.78 is 32.9. The van der Waals surface area contributed by atoms with Gasteiger partial charge in [-0.05, 0) is 12.5 Å². The Balaban J connectivity index is 2.35. The summed E-state index contributed by atoms with van der Waals surface area (Å²) in [6.07, 6.45) is 0.537. The van der Waals surface area contributed by atoms with Gasteiger partial charge in [0, 0.05) is 22.2 Å². The van der Waals surface area contributed by atoms with E-state index in [1.807, 2.05) is 12.1 Å². The van der Waals surface area contributed by atoms with E-state index in [4.69, 9.17) is 20.2 Å². The first-order valence-electron chi connectivity index (χ1n) is 5.13. The summed E-state index contributed by atoms with van der Waals surface area (Å²) in [5.74, 6) is 1.09. The predicted molar refractivity (Wildman–Crippen MR) is 65.5 cm³/mol. The summed E-state index contributed by atoms with van der Waals surface area (Å²) in [4.78, 5) is 0. The normalized spacial score (nSPS) is 23.2. The van der Waals surface area contributed by atoms with Crippen LogP contribution in [0.3, 0.4) is 0 Å². The van der Waals surface area contributed by atoms with Gasteiger partial charge in [-0.25, -0.2) is 8.42 Å². The second-order valence-corrected chi connectivity index (χ2v) is 6.79. The van der Waals surface area contributed by atoms with Crippen LogP contribution in [-0.4, -0.2) is 27.9 Å². The molecule has 1 fully saturated rings. The highest BCUT2D eigenvalue weighted by Gasteiger charge is 2.48. The summed E-state index contributed by atoms with van der Waals surface area (Å²) in [6, 6.07) is 5.43. The molecule has 2 atom stereocenters. The molecule has 6 heteroatoms. The molecule has 0 radical (unpaired) electrons. The van der Waals surface area contributed by atoms with E-state index in [2.05, 4.69) is 0 Å². The Labute approximate surface area is 105 Å². The quantitative estimate of drug-likeness (QED) is 0.791. The highest BCUT2D eigenvalue weighted by atomic mass is 35.7. The van der Waals surface area contributed by atoms with Crippen LogP contribution >= 0.6 is 10.7 Å². The van der Waals surface area contributed by atoms with E-state index in [0.29, 0.717) is 17.9 Å². The van der Waals surface area contributed by atoms with Crippen molar-refractivity contribution in [3.05, 3.63) is 23.8 Å². The summed E-state index contributed by atoms with van der Waals surface area (Å²) >= 11 is 0. The summed E-state index contributed by atoms with van der Waals surface area (Å²) in [5, 5.41) is -0.509. The van der Waals surface area contributed by atoms with Gasteiger partial charge in [0.1, 0.15) is 0 Å². The lowest BCUT2D eigenvalue weighted by molar-refractivity contribution is 0.351. The minimum absolute atomic E-state index is 0.0949. The molecule has 1 aliphatic rings. The largest absolute Gasteiger partial charge is 0.493 e. The van der Waals surface area contributed by atoms with Gasteiger partial charge in [0.05, 0.1) is 19.5 Å². The second kappa shape index (κ2) is 4.38. The van der Waals surface area contributed by atoms with Gasteiger partial charge in [0.15, 0.2) is 11.5 Å². The first-order valence-corrected chi connectivity index (χ1v) is 7.50. The van der Waals surface area contributed by atoms with Crippen LogP contribution in [0.4, 0.5) is 0 Å². The number of rotatable bonds is 4. The van der Waals surface area contributed by atoms with Gasteiger partial charge in [0.2, 0.25) is 9.05 Å². The van der Waals surface area contributed by atoms with Crippen molar-refractivity contribution >= 4 is 19.7 Å². The minimum atomic E-state index is -3.50. The van der Waals surface area contributed by atoms with E-state index in [0.717, 1.165) is 5.56 Å². The van der Waals surface area contributed by atoms with Crippen LogP contribution in [0.1, 0.15) is 17.9 Å². The summed E-state index contributed by atoms with van der Waals surface area (Å²) in [7, 11) is 4.93. The number of hydrogen-bond acceptors (Lipinski definition) is 4. The Morgan fingerprint density at radius 1 is 1.29 bits per heavy atom. The Bertz CT molecular complexity index is 526. The molecule has 94 valence electrons. The SMILES string of the molecule is COc1cccc(C2CC2S(=O)(=O)Cl)c1OC. The highest BCUT2D eigenvalue weighted by Crippen LogP contribution is 2.51. The Morgan fingerprint density at radius 2 is 2.00 bits per heavy atom. The monoisotopic (exact) mass is 276 g/mol. The van der Waals surface area contributed by atoms with Gasteiger partial charge >= 0.3 is 0 Å². The van der Waals surface area contributed by atoms with Crippen LogP contribution in [0.25, 0.3) is 0 Å². The van der Waals surface area contributed by atoms with E-state index >= 15 is 0 Å². The third-order valence-electron chi connectivity index (χ3n) is 2.93. The third-order valence-corrected chi connectivity index (χ3v) is 4.86. The van der Waals surface area contributed by atoms with Crippen LogP contribution in [0.15, 0.2) is 18.2 Å². The molecule has 1 aromatic rings. The van der Waals surface area contributed by atoms with Crippen LogP contribution < -0.4 is 9.47 Å². The van der Waals surface area contributed by atoms with Gasteiger partial charge in [-0.15, -0.1) is 0 Å². The first-order chi connectivity index (χ1) is 7.99. The summed E-state index contributed by atoms with van der Waals surface area (Å²) in [6.45, 7) is 0. The number of ether oxygens (including phenoxy) is 2. The maximum absolute atomic E-state index is 11.2. The molecule has 0 aromatic heterocycles. The standard InChI is InChI=1S/C11H13ClO4S/c1-15-9-5-3-4-7(11(9)16-2)8-6-10(8)17(12,13)14/h3-5,8,10H,6H2,1-2H3. The van der Waals surface area contributed by atoms with E-state index in [-0.39, 0.29) is 5.92 Å². The number of para-hydroxylation sites is 1. The van der Waals surface area contributed by atoms with Gasteiger partial charge in [0.25, 0.3) is 0 Å². The third kappa shape index (κ3) is 2.35. The van der Waals surface area contributed by atoms with Crippen molar-refractivity contribution in [3.63, 3.8) is 0 Å². The molecule has 1 saturated carbocycles. The van der Waals surface area contributed by atoms with Crippen molar-refractivity contribution in [1.82, 2.24) is 0 Å². The topological polar surface area (TPSA) is 52.6 Å². The fraction of sp³-hybridized carbons (Fsp3) is 0.455. The molecule has 0 spiro atoms. The van der Waals surface area contributed by atoms with Crippen molar-refractivity contribution in [2.75, 3.05) is 14.2 Å².